The molecular formula is C13H18N4S. The first kappa shape index (κ1) is 12.8. The van der Waals surface area contributed by atoms with E-state index >= 15 is 0 Å². The fourth-order valence-corrected chi connectivity index (χ4v) is 2.56. The van der Waals surface area contributed by atoms with Gasteiger partial charge in [0.25, 0.3) is 0 Å². The lowest BCUT2D eigenvalue weighted by Gasteiger charge is -2.13. The molecule has 0 aliphatic heterocycles. The Morgan fingerprint density at radius 2 is 2.06 bits per heavy atom. The summed E-state index contributed by atoms with van der Waals surface area (Å²) in [5.74, 6) is 1.60. The third-order valence-corrected chi connectivity index (χ3v) is 3.73. The van der Waals surface area contributed by atoms with E-state index < -0.39 is 0 Å². The molecule has 0 aliphatic carbocycles. The molecule has 5 heteroatoms. The number of rotatable bonds is 5. The summed E-state index contributed by atoms with van der Waals surface area (Å²) in [6.45, 7) is 7.13. The van der Waals surface area contributed by atoms with Crippen molar-refractivity contribution in [2.45, 2.75) is 26.8 Å². The molecule has 0 saturated carbocycles. The molecule has 2 aromatic rings. The van der Waals surface area contributed by atoms with Crippen LogP contribution in [0.4, 0.5) is 11.6 Å². The Morgan fingerprint density at radius 1 is 1.28 bits per heavy atom. The predicted octanol–water partition coefficient (Wildman–Crippen LogP) is 3.45. The van der Waals surface area contributed by atoms with Gasteiger partial charge in [-0.15, -0.1) is 11.3 Å². The van der Waals surface area contributed by atoms with Gasteiger partial charge >= 0.3 is 0 Å². The number of aromatic nitrogens is 2. The number of nitrogens with zero attached hydrogens (tertiary/aromatic N) is 2. The molecule has 2 rings (SSSR count). The molecule has 2 N–H and O–H groups in total. The zero-order chi connectivity index (χ0) is 13.0. The number of thiophene rings is 1. The minimum atomic E-state index is 0.245. The van der Waals surface area contributed by atoms with Crippen LogP contribution in [0.3, 0.4) is 0 Å². The van der Waals surface area contributed by atoms with E-state index in [4.69, 9.17) is 0 Å². The van der Waals surface area contributed by atoms with Crippen LogP contribution in [0, 0.1) is 6.92 Å². The minimum Gasteiger partial charge on any atom is -0.369 e. The van der Waals surface area contributed by atoms with Crippen molar-refractivity contribution in [1.82, 2.24) is 9.97 Å². The molecule has 0 saturated heterocycles. The highest BCUT2D eigenvalue weighted by atomic mass is 32.1. The van der Waals surface area contributed by atoms with Crippen molar-refractivity contribution in [2.24, 2.45) is 0 Å². The standard InChI is InChI=1S/C13H18N4S/c1-4-15-12-7-14-8-13(17-12)16-10(3)11-6-5-9(2)18-11/h5-8,10H,4H2,1-3H3,(H2,15,16,17). The molecular weight excluding hydrogens is 244 g/mol. The molecule has 4 nitrogen and oxygen atoms in total. The molecule has 1 atom stereocenters. The van der Waals surface area contributed by atoms with Crippen molar-refractivity contribution in [3.8, 4) is 0 Å². The van der Waals surface area contributed by atoms with Crippen LogP contribution in [0.5, 0.6) is 0 Å². The molecule has 2 heterocycles. The van der Waals surface area contributed by atoms with Gasteiger partial charge in [-0.2, -0.15) is 0 Å². The molecule has 96 valence electrons. The summed E-state index contributed by atoms with van der Waals surface area (Å²) in [7, 11) is 0. The van der Waals surface area contributed by atoms with Gasteiger partial charge in [-0.3, -0.25) is 4.98 Å². The number of hydrogen-bond acceptors (Lipinski definition) is 5. The largest absolute Gasteiger partial charge is 0.369 e. The SMILES string of the molecule is CCNc1cncc(NC(C)c2ccc(C)s2)n1. The van der Waals surface area contributed by atoms with Crippen LogP contribution in [0.15, 0.2) is 24.5 Å². The van der Waals surface area contributed by atoms with Gasteiger partial charge in [-0.25, -0.2) is 4.98 Å². The van der Waals surface area contributed by atoms with Gasteiger partial charge in [0.15, 0.2) is 0 Å². The van der Waals surface area contributed by atoms with Gasteiger partial charge < -0.3 is 10.6 Å². The number of hydrogen-bond donors (Lipinski definition) is 2. The number of nitrogens with one attached hydrogen (secondary N) is 2. The van der Waals surface area contributed by atoms with Gasteiger partial charge in [0.1, 0.15) is 11.6 Å². The van der Waals surface area contributed by atoms with Gasteiger partial charge in [-0.1, -0.05) is 0 Å². The third kappa shape index (κ3) is 3.20. The summed E-state index contributed by atoms with van der Waals surface area (Å²) in [6.07, 6.45) is 3.48. The summed E-state index contributed by atoms with van der Waals surface area (Å²) < 4.78 is 0. The molecule has 1 unspecified atom stereocenters. The zero-order valence-corrected chi connectivity index (χ0v) is 11.7. The zero-order valence-electron chi connectivity index (χ0n) is 10.9. The number of aryl methyl sites for hydroxylation is 1. The van der Waals surface area contributed by atoms with Crippen LogP contribution in [0.2, 0.25) is 0 Å². The van der Waals surface area contributed by atoms with Crippen LogP contribution in [0.1, 0.15) is 29.6 Å². The highest BCUT2D eigenvalue weighted by Gasteiger charge is 2.08. The fourth-order valence-electron chi connectivity index (χ4n) is 1.68. The van der Waals surface area contributed by atoms with Crippen molar-refractivity contribution >= 4 is 23.0 Å². The lowest BCUT2D eigenvalue weighted by Crippen LogP contribution is -2.08. The van der Waals surface area contributed by atoms with Gasteiger partial charge in [-0.05, 0) is 32.9 Å². The predicted molar refractivity (Wildman–Crippen MR) is 77.3 cm³/mol. The lowest BCUT2D eigenvalue weighted by molar-refractivity contribution is 0.892. The topological polar surface area (TPSA) is 49.8 Å². The van der Waals surface area contributed by atoms with Crippen LogP contribution in [-0.4, -0.2) is 16.5 Å². The first-order valence-corrected chi connectivity index (χ1v) is 6.89. The summed E-state index contributed by atoms with van der Waals surface area (Å²) in [6, 6.07) is 4.54. The summed E-state index contributed by atoms with van der Waals surface area (Å²) >= 11 is 1.80. The second kappa shape index (κ2) is 5.82. The molecule has 0 amide bonds. The van der Waals surface area contributed by atoms with Crippen molar-refractivity contribution in [2.75, 3.05) is 17.2 Å². The van der Waals surface area contributed by atoms with Crippen molar-refractivity contribution in [3.05, 3.63) is 34.3 Å². The van der Waals surface area contributed by atoms with Crippen LogP contribution in [-0.2, 0) is 0 Å². The van der Waals surface area contributed by atoms with E-state index in [0.717, 1.165) is 18.2 Å². The maximum Gasteiger partial charge on any atom is 0.147 e. The minimum absolute atomic E-state index is 0.245. The molecule has 18 heavy (non-hydrogen) atoms. The monoisotopic (exact) mass is 262 g/mol. The molecule has 2 aromatic heterocycles. The van der Waals surface area contributed by atoms with E-state index in [1.54, 1.807) is 23.7 Å². The van der Waals surface area contributed by atoms with Gasteiger partial charge in [0.05, 0.1) is 18.4 Å². The number of anilines is 2. The van der Waals surface area contributed by atoms with E-state index in [-0.39, 0.29) is 6.04 Å². The lowest BCUT2D eigenvalue weighted by atomic mass is 10.3. The van der Waals surface area contributed by atoms with E-state index in [1.165, 1.54) is 9.75 Å². The van der Waals surface area contributed by atoms with Crippen molar-refractivity contribution in [1.29, 1.82) is 0 Å². The second-order valence-electron chi connectivity index (χ2n) is 4.13. The summed E-state index contributed by atoms with van der Waals surface area (Å²) in [5.41, 5.74) is 0. The Bertz CT molecular complexity index is 509. The van der Waals surface area contributed by atoms with Crippen molar-refractivity contribution < 1.29 is 0 Å². The quantitative estimate of drug-likeness (QED) is 0.866. The van der Waals surface area contributed by atoms with Crippen LogP contribution < -0.4 is 10.6 Å². The highest BCUT2D eigenvalue weighted by Crippen LogP contribution is 2.25. The fraction of sp³-hybridized carbons (Fsp3) is 0.385. The summed E-state index contributed by atoms with van der Waals surface area (Å²) in [4.78, 5) is 11.3. The van der Waals surface area contributed by atoms with Crippen LogP contribution >= 0.6 is 11.3 Å². The Kier molecular flexibility index (Phi) is 4.15. The van der Waals surface area contributed by atoms with Crippen molar-refractivity contribution in [3.63, 3.8) is 0 Å². The maximum absolute atomic E-state index is 4.45. The molecule has 0 aromatic carbocycles. The Morgan fingerprint density at radius 3 is 2.72 bits per heavy atom. The molecule has 0 fully saturated rings. The smallest absolute Gasteiger partial charge is 0.147 e. The molecule has 0 aliphatic rings. The molecule has 0 bridgehead atoms. The third-order valence-electron chi connectivity index (χ3n) is 2.54. The first-order valence-electron chi connectivity index (χ1n) is 6.08. The second-order valence-corrected chi connectivity index (χ2v) is 5.45. The average molecular weight is 262 g/mol. The Balaban J connectivity index is 2.06. The Labute approximate surface area is 111 Å². The van der Waals surface area contributed by atoms with Gasteiger partial charge in [0, 0.05) is 16.3 Å². The van der Waals surface area contributed by atoms with E-state index in [9.17, 15) is 0 Å². The van der Waals surface area contributed by atoms with Gasteiger partial charge in [0.2, 0.25) is 0 Å². The van der Waals surface area contributed by atoms with E-state index in [1.807, 2.05) is 6.92 Å². The normalized spacial score (nSPS) is 12.2. The highest BCUT2D eigenvalue weighted by molar-refractivity contribution is 7.12. The van der Waals surface area contributed by atoms with E-state index in [2.05, 4.69) is 46.6 Å². The summed E-state index contributed by atoms with van der Waals surface area (Å²) in [5, 5.41) is 6.52. The average Bonchev–Trinajstić information content (AvgIpc) is 2.77. The van der Waals surface area contributed by atoms with Crippen LogP contribution in [0.25, 0.3) is 0 Å². The molecule has 0 spiro atoms. The molecule has 0 radical (unpaired) electrons. The first-order chi connectivity index (χ1) is 8.69. The van der Waals surface area contributed by atoms with E-state index in [0.29, 0.717) is 0 Å². The Hall–Kier alpha value is -1.62. The maximum atomic E-state index is 4.45.